The number of nitrogens with one attached hydrogen (secondary N) is 1. The molecule has 2 rings (SSSR count). The molecule has 0 aromatic heterocycles. The van der Waals surface area contributed by atoms with E-state index in [0.29, 0.717) is 6.54 Å². The first kappa shape index (κ1) is 19.5. The average Bonchev–Trinajstić information content (AvgIpc) is 2.63. The van der Waals surface area contributed by atoms with Crippen LogP contribution in [0.3, 0.4) is 0 Å². The first-order valence-corrected chi connectivity index (χ1v) is 9.34. The Balaban J connectivity index is 1.85. The van der Waals surface area contributed by atoms with Crippen molar-refractivity contribution < 1.29 is 4.79 Å². The van der Waals surface area contributed by atoms with Crippen molar-refractivity contribution in [1.82, 2.24) is 15.1 Å². The van der Waals surface area contributed by atoms with Gasteiger partial charge in [-0.3, -0.25) is 4.79 Å². The van der Waals surface area contributed by atoms with Crippen LogP contribution in [0.4, 0.5) is 0 Å². The fraction of sp³-hybridized carbons (Fsp3) is 0.474. The van der Waals surface area contributed by atoms with Crippen molar-refractivity contribution in [3.63, 3.8) is 0 Å². The molecule has 1 aromatic rings. The molecule has 25 heavy (non-hydrogen) atoms. The molecule has 1 heterocycles. The van der Waals surface area contributed by atoms with Gasteiger partial charge in [-0.15, -0.1) is 0 Å². The molecule has 0 atom stereocenters. The Morgan fingerprint density at radius 3 is 2.64 bits per heavy atom. The molecule has 1 fully saturated rings. The maximum absolute atomic E-state index is 12.5. The largest absolute Gasteiger partial charge is 0.389 e. The Morgan fingerprint density at radius 2 is 2.04 bits per heavy atom. The number of likely N-dealkylation sites (N-methyl/N-ethyl adjacent to an activating group) is 1. The second kappa shape index (κ2) is 9.59. The number of carbonyl (C=O) groups excluding carboxylic acids is 1. The first-order valence-electron chi connectivity index (χ1n) is 8.55. The summed E-state index contributed by atoms with van der Waals surface area (Å²) in [4.78, 5) is 16.5. The molecule has 0 aliphatic carbocycles. The minimum Gasteiger partial charge on any atom is -0.389 e. The molecule has 1 amide bonds. The Kier molecular flexibility index (Phi) is 7.48. The van der Waals surface area contributed by atoms with Gasteiger partial charge >= 0.3 is 0 Å². The van der Waals surface area contributed by atoms with Crippen LogP contribution in [0.15, 0.2) is 40.5 Å². The van der Waals surface area contributed by atoms with Crippen LogP contribution >= 0.6 is 15.9 Å². The quantitative estimate of drug-likeness (QED) is 0.449. The van der Waals surface area contributed by atoms with E-state index >= 15 is 0 Å². The first-order chi connectivity index (χ1) is 12.0. The highest BCUT2D eigenvalue weighted by Gasteiger charge is 2.25. The number of piperidine rings is 1. The Bertz CT molecular complexity index is 642. The third-order valence-electron chi connectivity index (χ3n) is 4.62. The third kappa shape index (κ3) is 5.87. The minimum atomic E-state index is -0.201. The maximum Gasteiger partial charge on any atom is 0.265 e. The monoisotopic (exact) mass is 404 g/mol. The smallest absolute Gasteiger partial charge is 0.265 e. The predicted octanol–water partition coefficient (Wildman–Crippen LogP) is 2.54. The van der Waals surface area contributed by atoms with Crippen LogP contribution in [0.25, 0.3) is 0 Å². The van der Waals surface area contributed by atoms with E-state index in [2.05, 4.69) is 45.3 Å². The summed E-state index contributed by atoms with van der Waals surface area (Å²) in [5.41, 5.74) is 1.37. The Hall–Kier alpha value is -1.84. The lowest BCUT2D eigenvalue weighted by Crippen LogP contribution is -2.45. The second-order valence-electron chi connectivity index (χ2n) is 6.45. The van der Waals surface area contributed by atoms with Crippen molar-refractivity contribution in [3.8, 4) is 6.07 Å². The summed E-state index contributed by atoms with van der Waals surface area (Å²) in [5, 5.41) is 12.4. The molecule has 1 aliphatic rings. The van der Waals surface area contributed by atoms with Gasteiger partial charge in [0.05, 0.1) is 0 Å². The van der Waals surface area contributed by atoms with Gasteiger partial charge in [0.25, 0.3) is 5.91 Å². The van der Waals surface area contributed by atoms with Gasteiger partial charge in [-0.25, -0.2) is 0 Å². The maximum atomic E-state index is 12.5. The number of nitrogens with zero attached hydrogens (tertiary/aromatic N) is 3. The van der Waals surface area contributed by atoms with Crippen LogP contribution in [0, 0.1) is 11.3 Å². The number of nitriles is 1. The number of hydrogen-bond acceptors (Lipinski definition) is 4. The molecule has 0 unspecified atom stereocenters. The van der Waals surface area contributed by atoms with Gasteiger partial charge in [-0.1, -0.05) is 28.1 Å². The van der Waals surface area contributed by atoms with Crippen molar-refractivity contribution >= 4 is 21.8 Å². The van der Waals surface area contributed by atoms with Crippen LogP contribution in [0.1, 0.15) is 18.4 Å². The molecule has 0 bridgehead atoms. The summed E-state index contributed by atoms with van der Waals surface area (Å²) in [7, 11) is 3.89. The standard InChI is InChI=1S/C19H25BrN4O/c1-23-11-8-18(9-12-23)24(2)19(25)16(13-21)14-22-10-7-15-3-5-17(20)6-4-15/h3-6,14,18,22H,7-12H2,1-2H3/b16-14-. The van der Waals surface area contributed by atoms with Gasteiger partial charge in [0, 0.05) is 30.3 Å². The van der Waals surface area contributed by atoms with E-state index in [9.17, 15) is 10.1 Å². The van der Waals surface area contributed by atoms with E-state index in [0.717, 1.165) is 36.8 Å². The van der Waals surface area contributed by atoms with Crippen LogP contribution in [0.5, 0.6) is 0 Å². The predicted molar refractivity (Wildman–Crippen MR) is 103 cm³/mol. The van der Waals surface area contributed by atoms with Crippen molar-refractivity contribution in [3.05, 3.63) is 46.1 Å². The fourth-order valence-corrected chi connectivity index (χ4v) is 3.19. The lowest BCUT2D eigenvalue weighted by Gasteiger charge is -2.34. The Labute approximate surface area is 158 Å². The summed E-state index contributed by atoms with van der Waals surface area (Å²) >= 11 is 3.42. The Morgan fingerprint density at radius 1 is 1.40 bits per heavy atom. The zero-order valence-corrected chi connectivity index (χ0v) is 16.4. The minimum absolute atomic E-state index is 0.164. The summed E-state index contributed by atoms with van der Waals surface area (Å²) in [6, 6.07) is 10.4. The molecule has 0 saturated carbocycles. The van der Waals surface area contributed by atoms with Gasteiger partial charge in [0.15, 0.2) is 0 Å². The number of benzene rings is 1. The van der Waals surface area contributed by atoms with E-state index < -0.39 is 0 Å². The zero-order valence-electron chi connectivity index (χ0n) is 14.8. The molecule has 134 valence electrons. The fourth-order valence-electron chi connectivity index (χ4n) is 2.92. The molecule has 1 aliphatic heterocycles. The van der Waals surface area contributed by atoms with Crippen molar-refractivity contribution in [2.45, 2.75) is 25.3 Å². The lowest BCUT2D eigenvalue weighted by molar-refractivity contribution is -0.128. The summed E-state index contributed by atoms with van der Waals surface area (Å²) in [6.07, 6.45) is 4.29. The van der Waals surface area contributed by atoms with Crippen LogP contribution in [0.2, 0.25) is 0 Å². The number of halogens is 1. The van der Waals surface area contributed by atoms with E-state index in [1.165, 1.54) is 5.56 Å². The second-order valence-corrected chi connectivity index (χ2v) is 7.37. The van der Waals surface area contributed by atoms with Gasteiger partial charge in [0.1, 0.15) is 11.6 Å². The van der Waals surface area contributed by atoms with Crippen molar-refractivity contribution in [2.24, 2.45) is 0 Å². The van der Waals surface area contributed by atoms with Gasteiger partial charge in [-0.2, -0.15) is 5.26 Å². The van der Waals surface area contributed by atoms with E-state index in [1.807, 2.05) is 18.2 Å². The highest BCUT2D eigenvalue weighted by molar-refractivity contribution is 9.10. The molecule has 6 heteroatoms. The molecule has 1 saturated heterocycles. The summed E-state index contributed by atoms with van der Waals surface area (Å²) < 4.78 is 1.05. The topological polar surface area (TPSA) is 59.4 Å². The molecule has 1 aromatic carbocycles. The molecular weight excluding hydrogens is 380 g/mol. The lowest BCUT2D eigenvalue weighted by atomic mass is 10.0. The number of likely N-dealkylation sites (tertiary alicyclic amines) is 1. The third-order valence-corrected chi connectivity index (χ3v) is 5.15. The van der Waals surface area contributed by atoms with Crippen molar-refractivity contribution in [2.75, 3.05) is 33.7 Å². The summed E-state index contributed by atoms with van der Waals surface area (Å²) in [5.74, 6) is -0.201. The highest BCUT2D eigenvalue weighted by Crippen LogP contribution is 2.16. The summed E-state index contributed by atoms with van der Waals surface area (Å²) in [6.45, 7) is 2.65. The van der Waals surface area contributed by atoms with E-state index in [-0.39, 0.29) is 17.5 Å². The molecule has 0 radical (unpaired) electrons. The highest BCUT2D eigenvalue weighted by atomic mass is 79.9. The van der Waals surface area contributed by atoms with Crippen LogP contribution < -0.4 is 5.32 Å². The zero-order chi connectivity index (χ0) is 18.2. The molecule has 0 spiro atoms. The number of carbonyl (C=O) groups is 1. The number of rotatable bonds is 6. The molecular formula is C19H25BrN4O. The van der Waals surface area contributed by atoms with Crippen molar-refractivity contribution in [1.29, 1.82) is 5.26 Å². The normalized spacial score (nSPS) is 16.3. The van der Waals surface area contributed by atoms with Gasteiger partial charge in [0.2, 0.25) is 0 Å². The average molecular weight is 405 g/mol. The van der Waals surface area contributed by atoms with Crippen LogP contribution in [-0.4, -0.2) is 55.5 Å². The van der Waals surface area contributed by atoms with Gasteiger partial charge < -0.3 is 15.1 Å². The number of hydrogen-bond donors (Lipinski definition) is 1. The molecule has 1 N–H and O–H groups in total. The van der Waals surface area contributed by atoms with Gasteiger partial charge in [-0.05, 0) is 57.1 Å². The van der Waals surface area contributed by atoms with E-state index in [1.54, 1.807) is 18.1 Å². The van der Waals surface area contributed by atoms with E-state index in [4.69, 9.17) is 0 Å². The van der Waals surface area contributed by atoms with Crippen LogP contribution in [-0.2, 0) is 11.2 Å². The molecule has 5 nitrogen and oxygen atoms in total. The SMILES string of the molecule is CN1CCC(N(C)C(=O)/C(C#N)=C\NCCc2ccc(Br)cc2)CC1. The number of amides is 1.